The third-order valence-corrected chi connectivity index (χ3v) is 4.79. The zero-order chi connectivity index (χ0) is 22.7. The average Bonchev–Trinajstić information content (AvgIpc) is 3.27. The van der Waals surface area contributed by atoms with Gasteiger partial charge in [-0.3, -0.25) is 14.0 Å². The van der Waals surface area contributed by atoms with E-state index < -0.39 is 23.9 Å². The molecule has 4 N–H and O–H groups in total. The van der Waals surface area contributed by atoms with E-state index in [0.717, 1.165) is 11.0 Å². The molecule has 0 saturated carbocycles. The van der Waals surface area contributed by atoms with Gasteiger partial charge in [0.1, 0.15) is 12.4 Å². The van der Waals surface area contributed by atoms with Crippen LogP contribution in [0.5, 0.6) is 0 Å². The number of aromatic nitrogens is 4. The molecule has 11 nitrogen and oxygen atoms in total. The highest BCUT2D eigenvalue weighted by molar-refractivity contribution is 5.97. The van der Waals surface area contributed by atoms with E-state index in [1.165, 1.54) is 12.1 Å². The highest BCUT2D eigenvalue weighted by Crippen LogP contribution is 2.23. The molecule has 0 spiro atoms. The number of fused-ring (bicyclic) bond motifs is 3. The van der Waals surface area contributed by atoms with Crippen LogP contribution < -0.4 is 10.6 Å². The van der Waals surface area contributed by atoms with Gasteiger partial charge in [-0.2, -0.15) is 0 Å². The maximum Gasteiger partial charge on any atom is 0.326 e. The lowest BCUT2D eigenvalue weighted by Gasteiger charge is -2.14. The van der Waals surface area contributed by atoms with Gasteiger partial charge in [-0.1, -0.05) is 12.1 Å². The molecule has 0 fully saturated rings. The first-order valence-corrected chi connectivity index (χ1v) is 9.63. The van der Waals surface area contributed by atoms with Gasteiger partial charge in [0.15, 0.2) is 5.82 Å². The van der Waals surface area contributed by atoms with E-state index in [2.05, 4.69) is 25.8 Å². The van der Waals surface area contributed by atoms with Crippen molar-refractivity contribution in [2.75, 3.05) is 5.32 Å². The quantitative estimate of drug-likeness (QED) is 0.325. The van der Waals surface area contributed by atoms with Crippen LogP contribution in [0.4, 0.5) is 11.5 Å². The van der Waals surface area contributed by atoms with E-state index in [-0.39, 0.29) is 18.4 Å². The number of aliphatic carboxylic acids is 2. The summed E-state index contributed by atoms with van der Waals surface area (Å²) in [6.07, 6.45) is 1.02. The molecule has 32 heavy (non-hydrogen) atoms. The van der Waals surface area contributed by atoms with Crippen molar-refractivity contribution >= 4 is 46.0 Å². The van der Waals surface area contributed by atoms with Gasteiger partial charge in [0.25, 0.3) is 5.91 Å². The number of carbonyl (C=O) groups excluding carboxylic acids is 1. The van der Waals surface area contributed by atoms with E-state index in [1.807, 2.05) is 28.7 Å². The number of para-hydroxylation sites is 2. The summed E-state index contributed by atoms with van der Waals surface area (Å²) in [4.78, 5) is 38.9. The number of anilines is 2. The lowest BCUT2D eigenvalue weighted by molar-refractivity contribution is -0.140. The molecule has 1 amide bonds. The second-order valence-corrected chi connectivity index (χ2v) is 6.97. The van der Waals surface area contributed by atoms with Crippen LogP contribution in [0.1, 0.15) is 23.2 Å². The van der Waals surface area contributed by atoms with Crippen LogP contribution in [0.15, 0.2) is 54.9 Å². The molecular formula is C21H18N6O5. The molecule has 1 atom stereocenters. The Morgan fingerprint density at radius 3 is 2.50 bits per heavy atom. The smallest absolute Gasteiger partial charge is 0.326 e. The van der Waals surface area contributed by atoms with Crippen molar-refractivity contribution in [1.82, 2.24) is 24.9 Å². The molecule has 11 heteroatoms. The predicted octanol–water partition coefficient (Wildman–Crippen LogP) is 2.07. The Bertz CT molecular complexity index is 1320. The van der Waals surface area contributed by atoms with Crippen molar-refractivity contribution in [1.29, 1.82) is 0 Å². The summed E-state index contributed by atoms with van der Waals surface area (Å²) >= 11 is 0. The van der Waals surface area contributed by atoms with Crippen molar-refractivity contribution in [2.45, 2.75) is 18.9 Å². The number of nitrogens with one attached hydrogen (secondary N) is 2. The second-order valence-electron chi connectivity index (χ2n) is 6.97. The fraction of sp³-hybridized carbons (Fsp3) is 0.143. The first-order chi connectivity index (χ1) is 15.4. The van der Waals surface area contributed by atoms with E-state index in [9.17, 15) is 19.5 Å². The number of carbonyl (C=O) groups is 3. The highest BCUT2D eigenvalue weighted by Gasteiger charge is 2.21. The number of amides is 1. The maximum absolute atomic E-state index is 12.4. The van der Waals surface area contributed by atoms with E-state index in [1.54, 1.807) is 18.5 Å². The normalized spacial score (nSPS) is 11.9. The van der Waals surface area contributed by atoms with Crippen molar-refractivity contribution in [3.05, 3.63) is 60.4 Å². The number of hydrogen-bond donors (Lipinski definition) is 4. The summed E-state index contributed by atoms with van der Waals surface area (Å²) < 4.78 is 1.82. The summed E-state index contributed by atoms with van der Waals surface area (Å²) in [5, 5.41) is 31.5. The topological polar surface area (TPSA) is 159 Å². The largest absolute Gasteiger partial charge is 0.481 e. The molecule has 4 aromatic rings. The molecule has 0 aliphatic carbocycles. The van der Waals surface area contributed by atoms with Crippen molar-refractivity contribution in [3.63, 3.8) is 0 Å². The van der Waals surface area contributed by atoms with Gasteiger partial charge in [0.05, 0.1) is 11.0 Å². The van der Waals surface area contributed by atoms with E-state index in [0.29, 0.717) is 17.2 Å². The number of hydrogen-bond acceptors (Lipinski definition) is 7. The molecular weight excluding hydrogens is 416 g/mol. The number of benzene rings is 2. The SMILES string of the molecule is O=C(O)CC[C@H](NC(=O)c1ccc(Nc2nc3ccccc3n3cnnc23)cc1)C(=O)O. The Morgan fingerprint density at radius 1 is 1.03 bits per heavy atom. The Balaban J connectivity index is 1.51. The lowest BCUT2D eigenvalue weighted by atomic mass is 10.1. The number of nitrogens with zero attached hydrogens (tertiary/aromatic N) is 4. The fourth-order valence-electron chi connectivity index (χ4n) is 3.20. The molecule has 0 aliphatic rings. The van der Waals surface area contributed by atoms with Gasteiger partial charge in [-0.15, -0.1) is 10.2 Å². The molecule has 0 radical (unpaired) electrons. The van der Waals surface area contributed by atoms with Gasteiger partial charge in [-0.25, -0.2) is 9.78 Å². The zero-order valence-electron chi connectivity index (χ0n) is 16.6. The van der Waals surface area contributed by atoms with Gasteiger partial charge in [0, 0.05) is 17.7 Å². The second kappa shape index (κ2) is 8.68. The fourth-order valence-corrected chi connectivity index (χ4v) is 3.20. The maximum atomic E-state index is 12.4. The molecule has 4 rings (SSSR count). The average molecular weight is 434 g/mol. The third-order valence-electron chi connectivity index (χ3n) is 4.79. The number of carboxylic acid groups (broad SMARTS) is 2. The monoisotopic (exact) mass is 434 g/mol. The first-order valence-electron chi connectivity index (χ1n) is 9.63. The van der Waals surface area contributed by atoms with E-state index in [4.69, 9.17) is 5.11 Å². The minimum absolute atomic E-state index is 0.210. The third kappa shape index (κ3) is 4.31. The Labute approximate surface area is 180 Å². The molecule has 0 aliphatic heterocycles. The molecule has 0 saturated heterocycles. The molecule has 0 bridgehead atoms. The summed E-state index contributed by atoms with van der Waals surface area (Å²) in [5.41, 5.74) is 3.01. The summed E-state index contributed by atoms with van der Waals surface area (Å²) in [6, 6.07) is 12.6. The first kappa shape index (κ1) is 20.7. The van der Waals surface area contributed by atoms with Crippen molar-refractivity contribution in [3.8, 4) is 0 Å². The van der Waals surface area contributed by atoms with Crippen LogP contribution in [0.3, 0.4) is 0 Å². The molecule has 0 unspecified atom stereocenters. The van der Waals surface area contributed by atoms with E-state index >= 15 is 0 Å². The predicted molar refractivity (Wildman–Crippen MR) is 114 cm³/mol. The van der Waals surface area contributed by atoms with Crippen LogP contribution in [0.25, 0.3) is 16.7 Å². The van der Waals surface area contributed by atoms with Crippen LogP contribution in [-0.2, 0) is 9.59 Å². The highest BCUT2D eigenvalue weighted by atomic mass is 16.4. The summed E-state index contributed by atoms with van der Waals surface area (Å²) in [6.45, 7) is 0. The standard InChI is InChI=1S/C21H18N6O5/c28-17(29)10-9-15(21(31)32)25-20(30)12-5-7-13(8-6-12)23-18-19-26-22-11-27(19)16-4-2-1-3-14(16)24-18/h1-8,11,15H,9-10H2,(H,23,24)(H,25,30)(H,28,29)(H,31,32)/t15-/m0/s1. The number of rotatable bonds is 8. The molecule has 162 valence electrons. The van der Waals surface area contributed by atoms with Crippen LogP contribution in [0.2, 0.25) is 0 Å². The number of carboxylic acids is 2. The Morgan fingerprint density at radius 2 is 1.78 bits per heavy atom. The zero-order valence-corrected chi connectivity index (χ0v) is 16.6. The van der Waals surface area contributed by atoms with Crippen LogP contribution in [-0.4, -0.2) is 53.7 Å². The van der Waals surface area contributed by atoms with Gasteiger partial charge < -0.3 is 20.8 Å². The van der Waals surface area contributed by atoms with Crippen LogP contribution >= 0.6 is 0 Å². The lowest BCUT2D eigenvalue weighted by Crippen LogP contribution is -2.41. The van der Waals surface area contributed by atoms with Gasteiger partial charge in [0.2, 0.25) is 5.65 Å². The Hall–Kier alpha value is -4.54. The summed E-state index contributed by atoms with van der Waals surface area (Å²) in [5.74, 6) is -2.56. The molecule has 2 heterocycles. The van der Waals surface area contributed by atoms with Crippen molar-refractivity contribution in [2.24, 2.45) is 0 Å². The summed E-state index contributed by atoms with van der Waals surface area (Å²) in [7, 11) is 0. The minimum atomic E-state index is -1.29. The van der Waals surface area contributed by atoms with Gasteiger partial charge >= 0.3 is 11.9 Å². The Kier molecular flexibility index (Phi) is 5.62. The van der Waals surface area contributed by atoms with Crippen LogP contribution in [0, 0.1) is 0 Å². The minimum Gasteiger partial charge on any atom is -0.481 e. The van der Waals surface area contributed by atoms with Crippen molar-refractivity contribution < 1.29 is 24.6 Å². The van der Waals surface area contributed by atoms with Gasteiger partial charge in [-0.05, 0) is 42.8 Å². The molecule has 2 aromatic heterocycles. The molecule has 2 aromatic carbocycles.